The maximum Gasteiger partial charge on any atom is 0.135 e. The van der Waals surface area contributed by atoms with Gasteiger partial charge >= 0.3 is 0 Å². The van der Waals surface area contributed by atoms with Crippen LogP contribution in [0.25, 0.3) is 16.7 Å². The summed E-state index contributed by atoms with van der Waals surface area (Å²) in [5, 5.41) is 0. The maximum atomic E-state index is 5.70. The van der Waals surface area contributed by atoms with Gasteiger partial charge in [0.25, 0.3) is 0 Å². The first-order valence-electron chi connectivity index (χ1n) is 5.85. The SMILES string of the molecule is C=C.C=C1COc2c1cccc2-c1ccccc1. The van der Waals surface area contributed by atoms with E-state index in [0.717, 1.165) is 22.4 Å². The van der Waals surface area contributed by atoms with Gasteiger partial charge in [-0.25, -0.2) is 0 Å². The molecule has 0 bridgehead atoms. The first kappa shape index (κ1) is 12.2. The van der Waals surface area contributed by atoms with E-state index in [2.05, 4.69) is 50.1 Å². The molecule has 1 aliphatic heterocycles. The van der Waals surface area contributed by atoms with Gasteiger partial charge in [0, 0.05) is 11.1 Å². The van der Waals surface area contributed by atoms with Crippen molar-refractivity contribution in [2.24, 2.45) is 0 Å². The molecule has 0 amide bonds. The van der Waals surface area contributed by atoms with Gasteiger partial charge in [-0.2, -0.15) is 0 Å². The fourth-order valence-electron chi connectivity index (χ4n) is 2.05. The number of ether oxygens (including phenoxy) is 1. The molecule has 2 aromatic rings. The second-order valence-corrected chi connectivity index (χ2v) is 3.94. The highest BCUT2D eigenvalue weighted by molar-refractivity contribution is 5.83. The highest BCUT2D eigenvalue weighted by atomic mass is 16.5. The minimum absolute atomic E-state index is 0.610. The molecule has 1 heteroatoms. The molecule has 0 aromatic heterocycles. The standard InChI is InChI=1S/C15H12O.C2H4/c1-11-10-16-15-13(11)8-5-9-14(15)12-6-3-2-4-7-12;1-2/h2-9H,1,10H2;1-2H2. The summed E-state index contributed by atoms with van der Waals surface area (Å²) in [4.78, 5) is 0. The van der Waals surface area contributed by atoms with E-state index in [-0.39, 0.29) is 0 Å². The summed E-state index contributed by atoms with van der Waals surface area (Å²) in [6.45, 7) is 10.6. The normalized spacial score (nSPS) is 12.1. The average Bonchev–Trinajstić information content (AvgIpc) is 2.84. The van der Waals surface area contributed by atoms with Crippen molar-refractivity contribution in [1.82, 2.24) is 0 Å². The molecule has 0 atom stereocenters. The lowest BCUT2D eigenvalue weighted by atomic mass is 10.00. The molecule has 1 aliphatic rings. The fraction of sp³-hybridized carbons (Fsp3) is 0.0588. The van der Waals surface area contributed by atoms with Crippen molar-refractivity contribution in [2.45, 2.75) is 0 Å². The molecule has 3 rings (SSSR count). The number of hydrogen-bond donors (Lipinski definition) is 0. The third-order valence-electron chi connectivity index (χ3n) is 2.87. The fourth-order valence-corrected chi connectivity index (χ4v) is 2.05. The van der Waals surface area contributed by atoms with Gasteiger partial charge in [-0.15, -0.1) is 13.2 Å². The number of fused-ring (bicyclic) bond motifs is 1. The summed E-state index contributed by atoms with van der Waals surface area (Å²) < 4.78 is 5.70. The Kier molecular flexibility index (Phi) is 3.63. The monoisotopic (exact) mass is 236 g/mol. The Balaban J connectivity index is 0.000000574. The van der Waals surface area contributed by atoms with Crippen LogP contribution in [0.1, 0.15) is 5.56 Å². The van der Waals surface area contributed by atoms with Crippen LogP contribution in [0.15, 0.2) is 68.3 Å². The highest BCUT2D eigenvalue weighted by Gasteiger charge is 2.19. The smallest absolute Gasteiger partial charge is 0.135 e. The molecule has 0 unspecified atom stereocenters. The zero-order valence-corrected chi connectivity index (χ0v) is 10.4. The van der Waals surface area contributed by atoms with Gasteiger partial charge in [-0.05, 0) is 11.1 Å². The lowest BCUT2D eigenvalue weighted by molar-refractivity contribution is 0.390. The van der Waals surface area contributed by atoms with Crippen LogP contribution in [0.2, 0.25) is 0 Å². The third-order valence-corrected chi connectivity index (χ3v) is 2.87. The van der Waals surface area contributed by atoms with Crippen LogP contribution in [-0.4, -0.2) is 6.61 Å². The highest BCUT2D eigenvalue weighted by Crippen LogP contribution is 2.40. The molecule has 0 aliphatic carbocycles. The summed E-state index contributed by atoms with van der Waals surface area (Å²) in [5.74, 6) is 0.971. The Bertz CT molecular complexity index is 555. The Morgan fingerprint density at radius 3 is 2.22 bits per heavy atom. The van der Waals surface area contributed by atoms with Gasteiger partial charge < -0.3 is 4.74 Å². The quantitative estimate of drug-likeness (QED) is 0.659. The van der Waals surface area contributed by atoms with Crippen LogP contribution in [0.3, 0.4) is 0 Å². The van der Waals surface area contributed by atoms with Crippen LogP contribution >= 0.6 is 0 Å². The predicted octanol–water partition coefficient (Wildman–Crippen LogP) is 4.56. The van der Waals surface area contributed by atoms with Gasteiger partial charge in [0.15, 0.2) is 0 Å². The second-order valence-electron chi connectivity index (χ2n) is 3.94. The molecule has 0 N–H and O–H groups in total. The molecule has 0 radical (unpaired) electrons. The van der Waals surface area contributed by atoms with Crippen molar-refractivity contribution in [3.63, 3.8) is 0 Å². The summed E-state index contributed by atoms with van der Waals surface area (Å²) in [6.07, 6.45) is 0. The van der Waals surface area contributed by atoms with E-state index < -0.39 is 0 Å². The number of hydrogen-bond acceptors (Lipinski definition) is 1. The molecule has 0 fully saturated rings. The van der Waals surface area contributed by atoms with Gasteiger partial charge in [-0.3, -0.25) is 0 Å². The Morgan fingerprint density at radius 2 is 1.50 bits per heavy atom. The molecule has 90 valence electrons. The summed E-state index contributed by atoms with van der Waals surface area (Å²) in [6, 6.07) is 16.5. The zero-order valence-electron chi connectivity index (χ0n) is 10.4. The first-order valence-corrected chi connectivity index (χ1v) is 5.85. The molecular weight excluding hydrogens is 220 g/mol. The van der Waals surface area contributed by atoms with Gasteiger partial charge in [-0.1, -0.05) is 55.1 Å². The van der Waals surface area contributed by atoms with Gasteiger partial charge in [0.05, 0.1) is 0 Å². The van der Waals surface area contributed by atoms with Crippen molar-refractivity contribution in [1.29, 1.82) is 0 Å². The molecule has 0 spiro atoms. The number of benzene rings is 2. The molecule has 1 heterocycles. The van der Waals surface area contributed by atoms with Crippen LogP contribution in [0, 0.1) is 0 Å². The third kappa shape index (κ3) is 2.07. The van der Waals surface area contributed by atoms with E-state index in [1.54, 1.807) is 0 Å². The number of para-hydroxylation sites is 1. The van der Waals surface area contributed by atoms with Crippen LogP contribution in [-0.2, 0) is 0 Å². The van der Waals surface area contributed by atoms with Crippen molar-refractivity contribution in [3.8, 4) is 16.9 Å². The van der Waals surface area contributed by atoms with Crippen LogP contribution < -0.4 is 4.74 Å². The van der Waals surface area contributed by atoms with E-state index >= 15 is 0 Å². The summed E-state index contributed by atoms with van der Waals surface area (Å²) >= 11 is 0. The molecule has 2 aromatic carbocycles. The predicted molar refractivity (Wildman–Crippen MR) is 77.7 cm³/mol. The largest absolute Gasteiger partial charge is 0.488 e. The minimum atomic E-state index is 0.610. The summed E-state index contributed by atoms with van der Waals surface area (Å²) in [5.41, 5.74) is 4.54. The Morgan fingerprint density at radius 1 is 0.833 bits per heavy atom. The lowest BCUT2D eigenvalue weighted by Crippen LogP contribution is -1.88. The minimum Gasteiger partial charge on any atom is -0.488 e. The van der Waals surface area contributed by atoms with Crippen LogP contribution in [0.4, 0.5) is 0 Å². The molecule has 0 saturated carbocycles. The molecule has 0 saturated heterocycles. The number of rotatable bonds is 1. The average molecular weight is 236 g/mol. The zero-order chi connectivity index (χ0) is 13.0. The van der Waals surface area contributed by atoms with E-state index in [4.69, 9.17) is 4.74 Å². The molecule has 1 nitrogen and oxygen atoms in total. The lowest BCUT2D eigenvalue weighted by Gasteiger charge is -2.07. The van der Waals surface area contributed by atoms with Gasteiger partial charge in [0.2, 0.25) is 0 Å². The van der Waals surface area contributed by atoms with Crippen molar-refractivity contribution in [2.75, 3.05) is 6.61 Å². The van der Waals surface area contributed by atoms with E-state index in [1.807, 2.05) is 18.2 Å². The molecule has 18 heavy (non-hydrogen) atoms. The topological polar surface area (TPSA) is 9.23 Å². The molecular formula is C17H16O. The second kappa shape index (κ2) is 5.37. The van der Waals surface area contributed by atoms with E-state index in [0.29, 0.717) is 6.61 Å². The van der Waals surface area contributed by atoms with Crippen molar-refractivity contribution < 1.29 is 4.74 Å². The first-order chi connectivity index (χ1) is 8.86. The van der Waals surface area contributed by atoms with E-state index in [9.17, 15) is 0 Å². The Hall–Kier alpha value is -2.28. The summed E-state index contributed by atoms with van der Waals surface area (Å²) in [7, 11) is 0. The van der Waals surface area contributed by atoms with Crippen LogP contribution in [0.5, 0.6) is 5.75 Å². The van der Waals surface area contributed by atoms with E-state index in [1.165, 1.54) is 5.56 Å². The maximum absolute atomic E-state index is 5.70. The van der Waals surface area contributed by atoms with Crippen molar-refractivity contribution in [3.05, 3.63) is 73.8 Å². The Labute approximate surface area is 108 Å². The van der Waals surface area contributed by atoms with Crippen molar-refractivity contribution >= 4 is 5.57 Å². The van der Waals surface area contributed by atoms with Gasteiger partial charge in [0.1, 0.15) is 12.4 Å².